The molecule has 1 amide bonds. The summed E-state index contributed by atoms with van der Waals surface area (Å²) in [5, 5.41) is 3.04. The Morgan fingerprint density at radius 1 is 1.06 bits per heavy atom. The molecular formula is C24H32N2O4S. The summed E-state index contributed by atoms with van der Waals surface area (Å²) >= 11 is 0. The van der Waals surface area contributed by atoms with Crippen molar-refractivity contribution in [3.05, 3.63) is 59.2 Å². The van der Waals surface area contributed by atoms with Gasteiger partial charge in [0.2, 0.25) is 10.0 Å². The van der Waals surface area contributed by atoms with Gasteiger partial charge in [-0.1, -0.05) is 38.0 Å². The average Bonchev–Trinajstić information content (AvgIpc) is 3.08. The highest BCUT2D eigenvalue weighted by Gasteiger charge is 2.27. The predicted molar refractivity (Wildman–Crippen MR) is 122 cm³/mol. The van der Waals surface area contributed by atoms with Crippen molar-refractivity contribution in [2.45, 2.75) is 56.9 Å². The monoisotopic (exact) mass is 444 g/mol. The van der Waals surface area contributed by atoms with Crippen molar-refractivity contribution in [3.63, 3.8) is 0 Å². The number of carbonyl (C=O) groups is 1. The van der Waals surface area contributed by atoms with Gasteiger partial charge in [-0.15, -0.1) is 0 Å². The van der Waals surface area contributed by atoms with Gasteiger partial charge in [-0.3, -0.25) is 4.79 Å². The number of nitrogens with one attached hydrogen (secondary N) is 1. The van der Waals surface area contributed by atoms with Crippen LogP contribution in [-0.2, 0) is 10.0 Å². The third kappa shape index (κ3) is 5.46. The van der Waals surface area contributed by atoms with Gasteiger partial charge >= 0.3 is 0 Å². The van der Waals surface area contributed by atoms with Crippen LogP contribution in [-0.4, -0.2) is 38.8 Å². The molecule has 0 aliphatic carbocycles. The van der Waals surface area contributed by atoms with Gasteiger partial charge in [0.15, 0.2) is 0 Å². The Hall–Kier alpha value is -2.38. The van der Waals surface area contributed by atoms with Crippen LogP contribution in [0.1, 0.15) is 66.6 Å². The molecule has 1 aliphatic rings. The topological polar surface area (TPSA) is 75.7 Å². The fourth-order valence-corrected chi connectivity index (χ4v) is 5.71. The molecule has 168 valence electrons. The first kappa shape index (κ1) is 23.3. The molecule has 1 saturated heterocycles. The van der Waals surface area contributed by atoms with E-state index in [1.807, 2.05) is 31.2 Å². The zero-order valence-electron chi connectivity index (χ0n) is 18.6. The van der Waals surface area contributed by atoms with Gasteiger partial charge in [0.05, 0.1) is 18.0 Å². The van der Waals surface area contributed by atoms with E-state index in [1.54, 1.807) is 30.5 Å². The molecule has 0 radical (unpaired) electrons. The second kappa shape index (κ2) is 10.3. The number of ether oxygens (including phenoxy) is 1. The summed E-state index contributed by atoms with van der Waals surface area (Å²) in [5.41, 5.74) is 1.98. The van der Waals surface area contributed by atoms with E-state index in [9.17, 15) is 13.2 Å². The van der Waals surface area contributed by atoms with Gasteiger partial charge in [-0.25, -0.2) is 8.42 Å². The van der Waals surface area contributed by atoms with Crippen molar-refractivity contribution in [1.82, 2.24) is 9.62 Å². The molecule has 7 heteroatoms. The molecule has 2 aromatic rings. The highest BCUT2D eigenvalue weighted by molar-refractivity contribution is 7.89. The fourth-order valence-electron chi connectivity index (χ4n) is 3.94. The summed E-state index contributed by atoms with van der Waals surface area (Å²) in [4.78, 5) is 13.2. The number of methoxy groups -OCH3 is 1. The molecule has 1 atom stereocenters. The molecule has 0 spiro atoms. The van der Waals surface area contributed by atoms with Gasteiger partial charge in [0.1, 0.15) is 5.75 Å². The number of nitrogens with zero attached hydrogens (tertiary/aromatic N) is 1. The van der Waals surface area contributed by atoms with Crippen LogP contribution in [0.2, 0.25) is 0 Å². The van der Waals surface area contributed by atoms with Gasteiger partial charge in [0.25, 0.3) is 5.91 Å². The number of hydrogen-bond donors (Lipinski definition) is 1. The Balaban J connectivity index is 1.83. The number of benzene rings is 2. The maximum Gasteiger partial charge on any atom is 0.251 e. The summed E-state index contributed by atoms with van der Waals surface area (Å²) in [5.74, 6) is 0.474. The Kier molecular flexibility index (Phi) is 7.73. The summed E-state index contributed by atoms with van der Waals surface area (Å²) in [6, 6.07) is 12.3. The van der Waals surface area contributed by atoms with E-state index >= 15 is 0 Å². The van der Waals surface area contributed by atoms with Crippen LogP contribution in [0.3, 0.4) is 0 Å². The number of hydrogen-bond acceptors (Lipinski definition) is 4. The van der Waals surface area contributed by atoms with Gasteiger partial charge < -0.3 is 10.1 Å². The van der Waals surface area contributed by atoms with E-state index in [0.717, 1.165) is 37.0 Å². The van der Waals surface area contributed by atoms with E-state index in [1.165, 1.54) is 6.07 Å². The normalized spacial score (nSPS) is 16.4. The van der Waals surface area contributed by atoms with E-state index in [0.29, 0.717) is 30.6 Å². The van der Waals surface area contributed by atoms with E-state index in [-0.39, 0.29) is 16.8 Å². The lowest BCUT2D eigenvalue weighted by atomic mass is 10.0. The average molecular weight is 445 g/mol. The Labute approximate surface area is 185 Å². The first-order valence-electron chi connectivity index (χ1n) is 10.9. The third-order valence-corrected chi connectivity index (χ3v) is 7.91. The molecule has 31 heavy (non-hydrogen) atoms. The summed E-state index contributed by atoms with van der Waals surface area (Å²) < 4.78 is 33.3. The minimum Gasteiger partial charge on any atom is -0.497 e. The Bertz CT molecular complexity index is 995. The minimum absolute atomic E-state index is 0.176. The molecule has 0 saturated carbocycles. The van der Waals surface area contributed by atoms with E-state index in [2.05, 4.69) is 5.32 Å². The fraction of sp³-hybridized carbons (Fsp3) is 0.458. The zero-order chi connectivity index (χ0) is 22.4. The van der Waals surface area contributed by atoms with Gasteiger partial charge in [-0.05, 0) is 61.6 Å². The molecule has 0 unspecified atom stereocenters. The van der Waals surface area contributed by atoms with Crippen LogP contribution < -0.4 is 10.1 Å². The predicted octanol–water partition coefficient (Wildman–Crippen LogP) is 4.45. The second-order valence-corrected chi connectivity index (χ2v) is 9.91. The van der Waals surface area contributed by atoms with E-state index in [4.69, 9.17) is 4.74 Å². The van der Waals surface area contributed by atoms with Crippen LogP contribution in [0, 0.1) is 6.92 Å². The zero-order valence-corrected chi connectivity index (χ0v) is 19.4. The van der Waals surface area contributed by atoms with Crippen LogP contribution in [0.15, 0.2) is 47.4 Å². The Morgan fingerprint density at radius 2 is 1.71 bits per heavy atom. The van der Waals surface area contributed by atoms with E-state index < -0.39 is 10.0 Å². The second-order valence-electron chi connectivity index (χ2n) is 8.01. The van der Waals surface area contributed by atoms with Gasteiger partial charge in [0, 0.05) is 18.7 Å². The number of aryl methyl sites for hydroxylation is 1. The quantitative estimate of drug-likeness (QED) is 0.685. The highest BCUT2D eigenvalue weighted by atomic mass is 32.2. The summed E-state index contributed by atoms with van der Waals surface area (Å²) in [6.45, 7) is 4.85. The van der Waals surface area contributed by atoms with Crippen molar-refractivity contribution >= 4 is 15.9 Å². The first-order valence-corrected chi connectivity index (χ1v) is 12.4. The molecule has 6 nitrogen and oxygen atoms in total. The van der Waals surface area contributed by atoms with Crippen LogP contribution >= 0.6 is 0 Å². The molecule has 1 fully saturated rings. The van der Waals surface area contributed by atoms with Crippen molar-refractivity contribution in [3.8, 4) is 5.75 Å². The van der Waals surface area contributed by atoms with Crippen molar-refractivity contribution in [2.24, 2.45) is 0 Å². The van der Waals surface area contributed by atoms with Crippen LogP contribution in [0.5, 0.6) is 5.75 Å². The summed E-state index contributed by atoms with van der Waals surface area (Å²) in [6.07, 6.45) is 4.56. The number of amides is 1. The van der Waals surface area contributed by atoms with Gasteiger partial charge in [-0.2, -0.15) is 4.31 Å². The molecule has 0 bridgehead atoms. The molecule has 2 aromatic carbocycles. The standard InChI is InChI=1S/C24H32N2O4S/c1-4-22(19-11-13-21(30-3)14-12-19)25-24(27)20-10-9-18(2)23(17-20)31(28,29)26-15-7-5-6-8-16-26/h9-14,17,22H,4-8,15-16H2,1-3H3,(H,25,27)/t22-/m0/s1. The lowest BCUT2D eigenvalue weighted by Crippen LogP contribution is -2.33. The number of rotatable bonds is 7. The molecule has 1 heterocycles. The smallest absolute Gasteiger partial charge is 0.251 e. The number of carbonyl (C=O) groups excluding carboxylic acids is 1. The Morgan fingerprint density at radius 3 is 2.29 bits per heavy atom. The maximum atomic E-state index is 13.3. The summed E-state index contributed by atoms with van der Waals surface area (Å²) in [7, 11) is -2.01. The maximum absolute atomic E-state index is 13.3. The number of sulfonamides is 1. The molecular weight excluding hydrogens is 412 g/mol. The minimum atomic E-state index is -3.63. The molecule has 0 aromatic heterocycles. The lowest BCUT2D eigenvalue weighted by Gasteiger charge is -2.22. The molecule has 1 aliphatic heterocycles. The van der Waals surface area contributed by atoms with Crippen molar-refractivity contribution in [1.29, 1.82) is 0 Å². The van der Waals surface area contributed by atoms with Crippen LogP contribution in [0.25, 0.3) is 0 Å². The van der Waals surface area contributed by atoms with Crippen LogP contribution in [0.4, 0.5) is 0 Å². The first-order chi connectivity index (χ1) is 14.9. The highest BCUT2D eigenvalue weighted by Crippen LogP contribution is 2.25. The van der Waals surface area contributed by atoms with Crippen molar-refractivity contribution < 1.29 is 17.9 Å². The third-order valence-electron chi connectivity index (χ3n) is 5.86. The van der Waals surface area contributed by atoms with Crippen molar-refractivity contribution in [2.75, 3.05) is 20.2 Å². The largest absolute Gasteiger partial charge is 0.497 e. The SMILES string of the molecule is CC[C@H](NC(=O)c1ccc(C)c(S(=O)(=O)N2CCCCCC2)c1)c1ccc(OC)cc1. The molecule has 3 rings (SSSR count). The lowest BCUT2D eigenvalue weighted by molar-refractivity contribution is 0.0935. The molecule has 1 N–H and O–H groups in total.